The molecule has 2 aliphatic heterocycles. The highest BCUT2D eigenvalue weighted by Crippen LogP contribution is 2.22. The molecular weight excluding hydrogens is 302 g/mol. The van der Waals surface area contributed by atoms with E-state index in [2.05, 4.69) is 33.6 Å². The number of carbonyl (C=O) groups is 1. The van der Waals surface area contributed by atoms with Crippen LogP contribution in [0.25, 0.3) is 0 Å². The zero-order valence-corrected chi connectivity index (χ0v) is 14.9. The molecular formula is C18H29N5O. The van der Waals surface area contributed by atoms with Crippen LogP contribution in [0.2, 0.25) is 0 Å². The lowest BCUT2D eigenvalue weighted by atomic mass is 9.99. The van der Waals surface area contributed by atoms with Crippen molar-refractivity contribution in [1.82, 2.24) is 19.8 Å². The van der Waals surface area contributed by atoms with E-state index < -0.39 is 0 Å². The van der Waals surface area contributed by atoms with Crippen molar-refractivity contribution in [3.05, 3.63) is 18.1 Å². The van der Waals surface area contributed by atoms with Crippen molar-refractivity contribution < 1.29 is 4.79 Å². The van der Waals surface area contributed by atoms with Gasteiger partial charge < -0.3 is 14.7 Å². The van der Waals surface area contributed by atoms with Crippen molar-refractivity contribution in [2.75, 3.05) is 44.2 Å². The van der Waals surface area contributed by atoms with Crippen molar-refractivity contribution in [3.63, 3.8) is 0 Å². The first kappa shape index (κ1) is 17.1. The molecule has 0 spiro atoms. The molecule has 0 bridgehead atoms. The minimum atomic E-state index is 0.0670. The first-order chi connectivity index (χ1) is 11.7. The van der Waals surface area contributed by atoms with E-state index in [9.17, 15) is 4.79 Å². The molecule has 2 fully saturated rings. The van der Waals surface area contributed by atoms with Crippen molar-refractivity contribution >= 4 is 11.7 Å². The minimum Gasteiger partial charge on any atom is -0.354 e. The molecule has 0 aromatic carbocycles. The van der Waals surface area contributed by atoms with Gasteiger partial charge in [-0.15, -0.1) is 0 Å². The van der Waals surface area contributed by atoms with E-state index in [1.165, 1.54) is 6.42 Å². The molecule has 0 saturated carbocycles. The number of likely N-dealkylation sites (tertiary alicyclic amines) is 1. The number of rotatable bonds is 4. The average Bonchev–Trinajstić information content (AvgIpc) is 2.67. The van der Waals surface area contributed by atoms with Crippen LogP contribution in [0, 0.1) is 0 Å². The number of hydrogen-bond acceptors (Lipinski definition) is 5. The monoisotopic (exact) mass is 331 g/mol. The summed E-state index contributed by atoms with van der Waals surface area (Å²) in [5.74, 6) is 0.951. The molecule has 2 saturated heterocycles. The fourth-order valence-electron chi connectivity index (χ4n) is 3.77. The summed E-state index contributed by atoms with van der Waals surface area (Å²) in [6, 6.07) is 2.24. The van der Waals surface area contributed by atoms with Crippen LogP contribution in [0.1, 0.15) is 50.0 Å². The van der Waals surface area contributed by atoms with E-state index in [4.69, 9.17) is 0 Å². The van der Waals surface area contributed by atoms with Gasteiger partial charge in [-0.05, 0) is 32.2 Å². The van der Waals surface area contributed by atoms with Gasteiger partial charge in [0.2, 0.25) is 0 Å². The smallest absolute Gasteiger partial charge is 0.272 e. The summed E-state index contributed by atoms with van der Waals surface area (Å²) in [5.41, 5.74) is 0.540. The Morgan fingerprint density at radius 1 is 1.12 bits per heavy atom. The van der Waals surface area contributed by atoms with E-state index in [0.29, 0.717) is 11.7 Å². The van der Waals surface area contributed by atoms with Crippen LogP contribution < -0.4 is 4.90 Å². The Labute approximate surface area is 144 Å². The Morgan fingerprint density at radius 2 is 1.92 bits per heavy atom. The predicted octanol–water partition coefficient (Wildman–Crippen LogP) is 2.02. The van der Waals surface area contributed by atoms with Crippen LogP contribution >= 0.6 is 0 Å². The van der Waals surface area contributed by atoms with Gasteiger partial charge in [-0.3, -0.25) is 4.79 Å². The zero-order chi connectivity index (χ0) is 16.9. The molecule has 1 aromatic heterocycles. The highest BCUT2D eigenvalue weighted by Gasteiger charge is 2.27. The standard InChI is InChI=1S/C18H29N5O/c1-3-15-7-5-6-8-23(15)18(24)16-13-17(20-14-19-16)22-11-9-21(4-2)10-12-22/h13-15H,3-12H2,1-2H3. The maximum absolute atomic E-state index is 12.9. The number of anilines is 1. The SMILES string of the molecule is CCC1CCCCN1C(=O)c1cc(N2CCN(CC)CC2)ncn1. The third-order valence-corrected chi connectivity index (χ3v) is 5.37. The van der Waals surface area contributed by atoms with Crippen LogP contribution in [0.15, 0.2) is 12.4 Å². The Morgan fingerprint density at radius 3 is 2.62 bits per heavy atom. The van der Waals surface area contributed by atoms with Crippen LogP contribution in [-0.4, -0.2) is 71.0 Å². The number of carbonyl (C=O) groups excluding carboxylic acids is 1. The summed E-state index contributed by atoms with van der Waals surface area (Å²) in [6.45, 7) is 10.3. The van der Waals surface area contributed by atoms with Gasteiger partial charge in [0.15, 0.2) is 0 Å². The second kappa shape index (κ2) is 7.92. The average molecular weight is 331 g/mol. The molecule has 0 N–H and O–H groups in total. The third-order valence-electron chi connectivity index (χ3n) is 5.37. The summed E-state index contributed by atoms with van der Waals surface area (Å²) in [6.07, 6.45) is 5.99. The lowest BCUT2D eigenvalue weighted by Crippen LogP contribution is -2.46. The van der Waals surface area contributed by atoms with Gasteiger partial charge in [-0.2, -0.15) is 0 Å². The minimum absolute atomic E-state index is 0.0670. The molecule has 24 heavy (non-hydrogen) atoms. The van der Waals surface area contributed by atoms with Crippen molar-refractivity contribution in [1.29, 1.82) is 0 Å². The highest BCUT2D eigenvalue weighted by molar-refractivity contribution is 5.93. The maximum Gasteiger partial charge on any atom is 0.272 e. The van der Waals surface area contributed by atoms with E-state index in [0.717, 1.165) is 64.3 Å². The molecule has 0 radical (unpaired) electrons. The number of aromatic nitrogens is 2. The largest absolute Gasteiger partial charge is 0.354 e. The van der Waals surface area contributed by atoms with Crippen LogP contribution in [0.5, 0.6) is 0 Å². The second-order valence-corrected chi connectivity index (χ2v) is 6.74. The summed E-state index contributed by atoms with van der Waals surface area (Å²) >= 11 is 0. The number of piperidine rings is 1. The Bertz CT molecular complexity index is 556. The molecule has 3 rings (SSSR count). The molecule has 1 unspecified atom stereocenters. The van der Waals surface area contributed by atoms with Crippen molar-refractivity contribution in [3.8, 4) is 0 Å². The molecule has 2 aliphatic rings. The van der Waals surface area contributed by atoms with Crippen molar-refractivity contribution in [2.45, 2.75) is 45.6 Å². The lowest BCUT2D eigenvalue weighted by Gasteiger charge is -2.36. The molecule has 3 heterocycles. The Kier molecular flexibility index (Phi) is 5.66. The fraction of sp³-hybridized carbons (Fsp3) is 0.722. The first-order valence-electron chi connectivity index (χ1n) is 9.33. The normalized spacial score (nSPS) is 22.7. The zero-order valence-electron chi connectivity index (χ0n) is 14.9. The van der Waals surface area contributed by atoms with Crippen LogP contribution in [-0.2, 0) is 0 Å². The van der Waals surface area contributed by atoms with Crippen LogP contribution in [0.4, 0.5) is 5.82 Å². The number of piperazine rings is 1. The third kappa shape index (κ3) is 3.69. The molecule has 1 aromatic rings. The second-order valence-electron chi connectivity index (χ2n) is 6.74. The Hall–Kier alpha value is -1.69. The summed E-state index contributed by atoms with van der Waals surface area (Å²) in [7, 11) is 0. The molecule has 6 heteroatoms. The first-order valence-corrected chi connectivity index (χ1v) is 9.33. The quantitative estimate of drug-likeness (QED) is 0.845. The molecule has 132 valence electrons. The van der Waals surface area contributed by atoms with Gasteiger partial charge in [-0.1, -0.05) is 13.8 Å². The maximum atomic E-state index is 12.9. The van der Waals surface area contributed by atoms with E-state index in [1.807, 2.05) is 11.0 Å². The van der Waals surface area contributed by atoms with Gasteiger partial charge in [0.05, 0.1) is 0 Å². The molecule has 0 aliphatic carbocycles. The van der Waals surface area contributed by atoms with E-state index in [1.54, 1.807) is 6.33 Å². The van der Waals surface area contributed by atoms with Gasteiger partial charge in [-0.25, -0.2) is 9.97 Å². The summed E-state index contributed by atoms with van der Waals surface area (Å²) in [5, 5.41) is 0. The molecule has 1 atom stereocenters. The number of amides is 1. The summed E-state index contributed by atoms with van der Waals surface area (Å²) < 4.78 is 0. The number of likely N-dealkylation sites (N-methyl/N-ethyl adjacent to an activating group) is 1. The van der Waals surface area contributed by atoms with E-state index >= 15 is 0 Å². The van der Waals surface area contributed by atoms with Gasteiger partial charge in [0.1, 0.15) is 17.8 Å². The topological polar surface area (TPSA) is 52.6 Å². The number of hydrogen-bond donors (Lipinski definition) is 0. The molecule has 1 amide bonds. The number of nitrogens with zero attached hydrogens (tertiary/aromatic N) is 5. The van der Waals surface area contributed by atoms with Crippen LogP contribution in [0.3, 0.4) is 0 Å². The summed E-state index contributed by atoms with van der Waals surface area (Å²) in [4.78, 5) is 28.3. The predicted molar refractivity (Wildman–Crippen MR) is 95.3 cm³/mol. The van der Waals surface area contributed by atoms with Gasteiger partial charge >= 0.3 is 0 Å². The highest BCUT2D eigenvalue weighted by atomic mass is 16.2. The fourth-order valence-corrected chi connectivity index (χ4v) is 3.77. The van der Waals surface area contributed by atoms with Crippen molar-refractivity contribution in [2.24, 2.45) is 0 Å². The molecule has 6 nitrogen and oxygen atoms in total. The van der Waals surface area contributed by atoms with Gasteiger partial charge in [0, 0.05) is 44.8 Å². The van der Waals surface area contributed by atoms with E-state index in [-0.39, 0.29) is 5.91 Å². The van der Waals surface area contributed by atoms with Gasteiger partial charge in [0.25, 0.3) is 5.91 Å². The Balaban J connectivity index is 1.71. The lowest BCUT2D eigenvalue weighted by molar-refractivity contribution is 0.0601.